The van der Waals surface area contributed by atoms with E-state index in [0.717, 1.165) is 18.4 Å². The summed E-state index contributed by atoms with van der Waals surface area (Å²) in [5, 5.41) is 9.78. The summed E-state index contributed by atoms with van der Waals surface area (Å²) in [6.07, 6.45) is 1.91. The van der Waals surface area contributed by atoms with Gasteiger partial charge in [-0.3, -0.25) is 4.79 Å². The number of hydrogen-bond donors (Lipinski definition) is 1. The fourth-order valence-corrected chi connectivity index (χ4v) is 2.88. The molecule has 1 N–H and O–H groups in total. The molecule has 2 atom stereocenters. The number of likely N-dealkylation sites (tertiary alicyclic amines) is 1. The van der Waals surface area contributed by atoms with E-state index in [1.165, 1.54) is 0 Å². The van der Waals surface area contributed by atoms with Gasteiger partial charge in [0, 0.05) is 19.2 Å². The lowest BCUT2D eigenvalue weighted by Gasteiger charge is -2.37. The molecule has 4 heteroatoms. The van der Waals surface area contributed by atoms with Crippen LogP contribution in [0.25, 0.3) is 0 Å². The first-order valence-electron chi connectivity index (χ1n) is 6.71. The SMILES string of the molecule is Cc1ccc(C(=O)N2C[C@@H](CO)CC[C@H]2C)c(Cl)c1. The molecule has 0 bridgehead atoms. The second kappa shape index (κ2) is 5.93. The Morgan fingerprint density at radius 1 is 1.47 bits per heavy atom. The van der Waals surface area contributed by atoms with Gasteiger partial charge in [-0.15, -0.1) is 0 Å². The van der Waals surface area contributed by atoms with Crippen molar-refractivity contribution in [2.45, 2.75) is 32.7 Å². The lowest BCUT2D eigenvalue weighted by Crippen LogP contribution is -2.46. The van der Waals surface area contributed by atoms with Crippen LogP contribution in [-0.2, 0) is 0 Å². The lowest BCUT2D eigenvalue weighted by atomic mass is 9.93. The van der Waals surface area contributed by atoms with Crippen molar-refractivity contribution >= 4 is 17.5 Å². The summed E-state index contributed by atoms with van der Waals surface area (Å²) in [6, 6.07) is 5.70. The van der Waals surface area contributed by atoms with Gasteiger partial charge in [0.15, 0.2) is 0 Å². The van der Waals surface area contributed by atoms with Crippen LogP contribution in [0.3, 0.4) is 0 Å². The predicted molar refractivity (Wildman–Crippen MR) is 76.5 cm³/mol. The van der Waals surface area contributed by atoms with Crippen molar-refractivity contribution in [3.8, 4) is 0 Å². The van der Waals surface area contributed by atoms with E-state index in [1.54, 1.807) is 6.07 Å². The minimum Gasteiger partial charge on any atom is -0.396 e. The lowest BCUT2D eigenvalue weighted by molar-refractivity contribution is 0.0489. The van der Waals surface area contributed by atoms with Crippen LogP contribution in [0.15, 0.2) is 18.2 Å². The third-order valence-corrected chi connectivity index (χ3v) is 4.17. The standard InChI is InChI=1S/C15H20ClNO2/c1-10-3-6-13(14(16)7-10)15(19)17-8-12(9-18)5-4-11(17)2/h3,6-7,11-12,18H,4-5,8-9H2,1-2H3/t11-,12+/m1/s1. The molecule has 1 aliphatic heterocycles. The molecule has 19 heavy (non-hydrogen) atoms. The number of aryl methyl sites for hydroxylation is 1. The predicted octanol–water partition coefficient (Wildman–Crippen LogP) is 2.88. The first-order chi connectivity index (χ1) is 9.02. The van der Waals surface area contributed by atoms with E-state index >= 15 is 0 Å². The molecule has 1 aromatic carbocycles. The summed E-state index contributed by atoms with van der Waals surface area (Å²) in [7, 11) is 0. The van der Waals surface area contributed by atoms with Gasteiger partial charge in [0.05, 0.1) is 10.6 Å². The molecule has 1 saturated heterocycles. The van der Waals surface area contributed by atoms with Crippen molar-refractivity contribution in [2.24, 2.45) is 5.92 Å². The zero-order valence-electron chi connectivity index (χ0n) is 11.4. The molecule has 0 radical (unpaired) electrons. The molecule has 0 unspecified atom stereocenters. The molecular weight excluding hydrogens is 262 g/mol. The molecule has 1 amide bonds. The Bertz CT molecular complexity index is 475. The number of hydrogen-bond acceptors (Lipinski definition) is 2. The highest BCUT2D eigenvalue weighted by atomic mass is 35.5. The van der Waals surface area contributed by atoms with Crippen LogP contribution in [0.2, 0.25) is 5.02 Å². The van der Waals surface area contributed by atoms with E-state index in [2.05, 4.69) is 0 Å². The molecule has 0 aliphatic carbocycles. The number of piperidine rings is 1. The molecule has 3 nitrogen and oxygen atoms in total. The molecule has 2 rings (SSSR count). The van der Waals surface area contributed by atoms with Crippen LogP contribution in [0.1, 0.15) is 35.7 Å². The van der Waals surface area contributed by atoms with Crippen molar-refractivity contribution in [3.63, 3.8) is 0 Å². The Morgan fingerprint density at radius 2 is 2.21 bits per heavy atom. The minimum atomic E-state index is -0.0318. The topological polar surface area (TPSA) is 40.5 Å². The van der Waals surface area contributed by atoms with Crippen molar-refractivity contribution in [3.05, 3.63) is 34.3 Å². The summed E-state index contributed by atoms with van der Waals surface area (Å²) in [5.41, 5.74) is 1.60. The first-order valence-corrected chi connectivity index (χ1v) is 7.08. The maximum Gasteiger partial charge on any atom is 0.255 e. The number of halogens is 1. The van der Waals surface area contributed by atoms with Gasteiger partial charge in [-0.05, 0) is 50.3 Å². The van der Waals surface area contributed by atoms with Crippen LogP contribution in [0.4, 0.5) is 0 Å². The molecule has 104 valence electrons. The van der Waals surface area contributed by atoms with Gasteiger partial charge in [-0.25, -0.2) is 0 Å². The molecule has 1 aliphatic rings. The van der Waals surface area contributed by atoms with Crippen molar-refractivity contribution < 1.29 is 9.90 Å². The maximum atomic E-state index is 12.6. The minimum absolute atomic E-state index is 0.0318. The number of nitrogens with zero attached hydrogens (tertiary/aromatic N) is 1. The van der Waals surface area contributed by atoms with Gasteiger partial charge >= 0.3 is 0 Å². The summed E-state index contributed by atoms with van der Waals surface area (Å²) in [5.74, 6) is 0.153. The van der Waals surface area contributed by atoms with E-state index < -0.39 is 0 Å². The second-order valence-corrected chi connectivity index (χ2v) is 5.82. The van der Waals surface area contributed by atoms with Gasteiger partial charge in [-0.2, -0.15) is 0 Å². The highest BCUT2D eigenvalue weighted by molar-refractivity contribution is 6.33. The Morgan fingerprint density at radius 3 is 2.84 bits per heavy atom. The maximum absolute atomic E-state index is 12.6. The van der Waals surface area contributed by atoms with E-state index in [4.69, 9.17) is 11.6 Å². The number of carbonyl (C=O) groups excluding carboxylic acids is 1. The van der Waals surface area contributed by atoms with Crippen LogP contribution in [0.5, 0.6) is 0 Å². The summed E-state index contributed by atoms with van der Waals surface area (Å²) in [6.45, 7) is 4.75. The van der Waals surface area contributed by atoms with Crippen LogP contribution >= 0.6 is 11.6 Å². The molecule has 0 aromatic heterocycles. The van der Waals surface area contributed by atoms with Crippen LogP contribution in [0, 0.1) is 12.8 Å². The molecular formula is C15H20ClNO2. The quantitative estimate of drug-likeness (QED) is 0.905. The summed E-state index contributed by atoms with van der Waals surface area (Å²) < 4.78 is 0. The van der Waals surface area contributed by atoms with Crippen molar-refractivity contribution in [1.29, 1.82) is 0 Å². The third kappa shape index (κ3) is 3.10. The zero-order chi connectivity index (χ0) is 14.0. The van der Waals surface area contributed by atoms with Crippen LogP contribution < -0.4 is 0 Å². The summed E-state index contributed by atoms with van der Waals surface area (Å²) >= 11 is 6.16. The highest BCUT2D eigenvalue weighted by Gasteiger charge is 2.30. The normalized spacial score (nSPS) is 23.5. The monoisotopic (exact) mass is 281 g/mol. The van der Waals surface area contributed by atoms with Crippen LogP contribution in [-0.4, -0.2) is 35.1 Å². The van der Waals surface area contributed by atoms with Gasteiger partial charge in [-0.1, -0.05) is 17.7 Å². The van der Waals surface area contributed by atoms with Gasteiger partial charge in [0.2, 0.25) is 0 Å². The Labute approximate surface area is 119 Å². The van der Waals surface area contributed by atoms with Crippen molar-refractivity contribution in [2.75, 3.05) is 13.2 Å². The number of carbonyl (C=O) groups is 1. The van der Waals surface area contributed by atoms with E-state index in [9.17, 15) is 9.90 Å². The van der Waals surface area contributed by atoms with E-state index in [-0.39, 0.29) is 24.5 Å². The van der Waals surface area contributed by atoms with Gasteiger partial charge < -0.3 is 10.0 Å². The smallest absolute Gasteiger partial charge is 0.255 e. The molecule has 1 fully saturated rings. The molecule has 0 spiro atoms. The largest absolute Gasteiger partial charge is 0.396 e. The third-order valence-electron chi connectivity index (χ3n) is 3.85. The van der Waals surface area contributed by atoms with Gasteiger partial charge in [0.1, 0.15) is 0 Å². The number of benzene rings is 1. The van der Waals surface area contributed by atoms with Gasteiger partial charge in [0.25, 0.3) is 5.91 Å². The highest BCUT2D eigenvalue weighted by Crippen LogP contribution is 2.26. The summed E-state index contributed by atoms with van der Waals surface area (Å²) in [4.78, 5) is 14.4. The first kappa shape index (κ1) is 14.4. The molecule has 0 saturated carbocycles. The second-order valence-electron chi connectivity index (χ2n) is 5.42. The number of rotatable bonds is 2. The zero-order valence-corrected chi connectivity index (χ0v) is 12.2. The average molecular weight is 282 g/mol. The Hall–Kier alpha value is -1.06. The fourth-order valence-electron chi connectivity index (χ4n) is 2.56. The number of aliphatic hydroxyl groups is 1. The fraction of sp³-hybridized carbons (Fsp3) is 0.533. The molecule has 1 heterocycles. The molecule has 1 aromatic rings. The Kier molecular flexibility index (Phi) is 4.48. The number of aliphatic hydroxyl groups excluding tert-OH is 1. The van der Waals surface area contributed by atoms with Crippen molar-refractivity contribution in [1.82, 2.24) is 4.90 Å². The average Bonchev–Trinajstić information content (AvgIpc) is 2.38. The van der Waals surface area contributed by atoms with E-state index in [0.29, 0.717) is 17.1 Å². The Balaban J connectivity index is 2.22. The number of amides is 1. The van der Waals surface area contributed by atoms with E-state index in [1.807, 2.05) is 30.9 Å².